The maximum absolute atomic E-state index is 13.0. The van der Waals surface area contributed by atoms with Gasteiger partial charge in [0.1, 0.15) is 17.9 Å². The topological polar surface area (TPSA) is 123 Å². The van der Waals surface area contributed by atoms with Crippen molar-refractivity contribution in [2.45, 2.75) is 39.2 Å². The molecule has 180 valence electrons. The normalized spacial score (nSPS) is 18.3. The highest BCUT2D eigenvalue weighted by atomic mass is 16.6. The van der Waals surface area contributed by atoms with Crippen LogP contribution in [0.1, 0.15) is 33.6 Å². The SMILES string of the molecule is CN(CC1CCCN(C(=O)CN2C(=O)COc3ccc([N+](=O)[O-])cc32)C1)C(=O)OC(C)(C)C. The van der Waals surface area contributed by atoms with Crippen LogP contribution in [0.5, 0.6) is 5.75 Å². The van der Waals surface area contributed by atoms with Crippen LogP contribution >= 0.6 is 0 Å². The van der Waals surface area contributed by atoms with Crippen LogP contribution < -0.4 is 9.64 Å². The van der Waals surface area contributed by atoms with Crippen molar-refractivity contribution in [3.63, 3.8) is 0 Å². The fraction of sp³-hybridized carbons (Fsp3) is 0.591. The van der Waals surface area contributed by atoms with Crippen LogP contribution in [-0.2, 0) is 14.3 Å². The van der Waals surface area contributed by atoms with Crippen LogP contribution in [0.2, 0.25) is 0 Å². The number of nitrogens with zero attached hydrogens (tertiary/aromatic N) is 4. The number of benzene rings is 1. The fourth-order valence-electron chi connectivity index (χ4n) is 3.95. The second-order valence-corrected chi connectivity index (χ2v) is 9.39. The van der Waals surface area contributed by atoms with Gasteiger partial charge < -0.3 is 19.3 Å². The number of amides is 3. The molecule has 3 amide bonds. The molecule has 0 spiro atoms. The average molecular weight is 463 g/mol. The van der Waals surface area contributed by atoms with E-state index in [1.807, 2.05) is 0 Å². The summed E-state index contributed by atoms with van der Waals surface area (Å²) in [5.41, 5.74) is -0.560. The van der Waals surface area contributed by atoms with Gasteiger partial charge in [0.2, 0.25) is 5.91 Å². The Kier molecular flexibility index (Phi) is 7.09. The third-order valence-corrected chi connectivity index (χ3v) is 5.50. The summed E-state index contributed by atoms with van der Waals surface area (Å²) < 4.78 is 10.7. The van der Waals surface area contributed by atoms with Crippen molar-refractivity contribution >= 4 is 29.3 Å². The van der Waals surface area contributed by atoms with Gasteiger partial charge in [-0.3, -0.25) is 24.6 Å². The molecule has 3 rings (SSSR count). The van der Waals surface area contributed by atoms with Gasteiger partial charge in [0, 0.05) is 38.8 Å². The lowest BCUT2D eigenvalue weighted by atomic mass is 9.97. The molecular weight excluding hydrogens is 432 g/mol. The summed E-state index contributed by atoms with van der Waals surface area (Å²) >= 11 is 0. The van der Waals surface area contributed by atoms with Crippen molar-refractivity contribution in [3.8, 4) is 5.75 Å². The first-order valence-electron chi connectivity index (χ1n) is 10.9. The van der Waals surface area contributed by atoms with Crippen LogP contribution in [-0.4, -0.2) is 78.1 Å². The predicted molar refractivity (Wildman–Crippen MR) is 119 cm³/mol. The largest absolute Gasteiger partial charge is 0.482 e. The lowest BCUT2D eigenvalue weighted by molar-refractivity contribution is -0.384. The number of hydrogen-bond donors (Lipinski definition) is 0. The summed E-state index contributed by atoms with van der Waals surface area (Å²) in [6.45, 7) is 6.40. The molecule has 0 N–H and O–H groups in total. The van der Waals surface area contributed by atoms with Gasteiger partial charge in [-0.25, -0.2) is 4.79 Å². The van der Waals surface area contributed by atoms with Gasteiger partial charge in [-0.1, -0.05) is 0 Å². The highest BCUT2D eigenvalue weighted by Gasteiger charge is 2.32. The summed E-state index contributed by atoms with van der Waals surface area (Å²) in [5.74, 6) is -0.292. The summed E-state index contributed by atoms with van der Waals surface area (Å²) in [6, 6.07) is 3.97. The van der Waals surface area contributed by atoms with E-state index in [1.54, 1.807) is 32.7 Å². The summed E-state index contributed by atoms with van der Waals surface area (Å²) in [6.07, 6.45) is 1.23. The number of piperidine rings is 1. The van der Waals surface area contributed by atoms with E-state index in [0.29, 0.717) is 25.4 Å². The van der Waals surface area contributed by atoms with Crippen molar-refractivity contribution in [1.29, 1.82) is 0 Å². The quantitative estimate of drug-likeness (QED) is 0.486. The Morgan fingerprint density at radius 1 is 1.33 bits per heavy atom. The molecule has 0 aliphatic carbocycles. The number of carbonyl (C=O) groups excluding carboxylic acids is 3. The van der Waals surface area contributed by atoms with E-state index in [9.17, 15) is 24.5 Å². The molecule has 2 aliphatic heterocycles. The second kappa shape index (κ2) is 9.63. The van der Waals surface area contributed by atoms with E-state index in [4.69, 9.17) is 9.47 Å². The summed E-state index contributed by atoms with van der Waals surface area (Å²) in [4.78, 5) is 52.8. The zero-order valence-electron chi connectivity index (χ0n) is 19.4. The van der Waals surface area contributed by atoms with Gasteiger partial charge in [-0.15, -0.1) is 0 Å². The third kappa shape index (κ3) is 6.11. The predicted octanol–water partition coefficient (Wildman–Crippen LogP) is 2.43. The first-order valence-corrected chi connectivity index (χ1v) is 10.9. The van der Waals surface area contributed by atoms with Crippen LogP contribution in [0.15, 0.2) is 18.2 Å². The van der Waals surface area contributed by atoms with Gasteiger partial charge in [0.05, 0.1) is 10.6 Å². The Labute approximate surface area is 192 Å². The molecule has 33 heavy (non-hydrogen) atoms. The minimum atomic E-state index is -0.587. The summed E-state index contributed by atoms with van der Waals surface area (Å²) in [7, 11) is 1.67. The Bertz CT molecular complexity index is 943. The number of hydrogen-bond acceptors (Lipinski definition) is 7. The van der Waals surface area contributed by atoms with Gasteiger partial charge in [-0.05, 0) is 45.6 Å². The Hall–Kier alpha value is -3.37. The van der Waals surface area contributed by atoms with E-state index in [2.05, 4.69) is 0 Å². The molecule has 1 fully saturated rings. The average Bonchev–Trinajstić information content (AvgIpc) is 2.74. The van der Waals surface area contributed by atoms with E-state index >= 15 is 0 Å². The first-order chi connectivity index (χ1) is 15.4. The lowest BCUT2D eigenvalue weighted by Crippen LogP contribution is -2.50. The molecule has 1 aromatic carbocycles. The van der Waals surface area contributed by atoms with Gasteiger partial charge >= 0.3 is 6.09 Å². The highest BCUT2D eigenvalue weighted by molar-refractivity contribution is 6.02. The zero-order chi connectivity index (χ0) is 24.3. The molecule has 1 unspecified atom stereocenters. The third-order valence-electron chi connectivity index (χ3n) is 5.50. The standard InChI is InChI=1S/C22H30N4O7/c1-22(2,3)33-21(29)23(4)11-15-6-5-9-24(12-15)19(27)13-25-17-10-16(26(30)31)7-8-18(17)32-14-20(25)28/h7-8,10,15H,5-6,9,11-14H2,1-4H3. The number of carbonyl (C=O) groups is 3. The maximum atomic E-state index is 13.0. The van der Waals surface area contributed by atoms with Crippen molar-refractivity contribution in [2.24, 2.45) is 5.92 Å². The number of anilines is 1. The highest BCUT2D eigenvalue weighted by Crippen LogP contribution is 2.35. The van der Waals surface area contributed by atoms with E-state index in [0.717, 1.165) is 12.8 Å². The molecule has 0 radical (unpaired) electrons. The Morgan fingerprint density at radius 3 is 2.73 bits per heavy atom. The maximum Gasteiger partial charge on any atom is 0.410 e. The van der Waals surface area contributed by atoms with Crippen molar-refractivity contribution in [3.05, 3.63) is 28.3 Å². The number of likely N-dealkylation sites (tertiary alicyclic amines) is 1. The van der Waals surface area contributed by atoms with E-state index in [1.165, 1.54) is 28.0 Å². The number of ether oxygens (including phenoxy) is 2. The van der Waals surface area contributed by atoms with Gasteiger partial charge in [0.15, 0.2) is 6.61 Å². The van der Waals surface area contributed by atoms with Crippen molar-refractivity contribution in [1.82, 2.24) is 9.80 Å². The number of non-ortho nitro benzene ring substituents is 1. The van der Waals surface area contributed by atoms with Crippen LogP contribution in [0.25, 0.3) is 0 Å². The fourth-order valence-corrected chi connectivity index (χ4v) is 3.95. The number of nitro benzene ring substituents is 1. The van der Waals surface area contributed by atoms with E-state index in [-0.39, 0.29) is 36.4 Å². The van der Waals surface area contributed by atoms with Crippen LogP contribution in [0.4, 0.5) is 16.2 Å². The monoisotopic (exact) mass is 462 g/mol. The molecule has 11 heteroatoms. The molecule has 0 bridgehead atoms. The molecule has 11 nitrogen and oxygen atoms in total. The molecule has 1 saturated heterocycles. The Morgan fingerprint density at radius 2 is 2.06 bits per heavy atom. The Balaban J connectivity index is 1.65. The van der Waals surface area contributed by atoms with Gasteiger partial charge in [0.25, 0.3) is 11.6 Å². The molecule has 0 saturated carbocycles. The van der Waals surface area contributed by atoms with E-state index < -0.39 is 22.5 Å². The zero-order valence-corrected chi connectivity index (χ0v) is 19.4. The first kappa shape index (κ1) is 24.3. The smallest absolute Gasteiger partial charge is 0.410 e. The minimum Gasteiger partial charge on any atom is -0.482 e. The van der Waals surface area contributed by atoms with Crippen LogP contribution in [0, 0.1) is 16.0 Å². The molecule has 1 aromatic rings. The second-order valence-electron chi connectivity index (χ2n) is 9.39. The van der Waals surface area contributed by atoms with Crippen LogP contribution in [0.3, 0.4) is 0 Å². The van der Waals surface area contributed by atoms with Crippen molar-refractivity contribution in [2.75, 3.05) is 44.7 Å². The molecule has 1 atom stereocenters. The lowest BCUT2D eigenvalue weighted by Gasteiger charge is -2.36. The van der Waals surface area contributed by atoms with Gasteiger partial charge in [-0.2, -0.15) is 0 Å². The number of fused-ring (bicyclic) bond motifs is 1. The number of nitro groups is 1. The van der Waals surface area contributed by atoms with Crippen molar-refractivity contribution < 1.29 is 28.8 Å². The molecule has 0 aromatic heterocycles. The molecule has 2 aliphatic rings. The molecule has 2 heterocycles. The molecular formula is C22H30N4O7. The number of rotatable bonds is 5. The minimum absolute atomic E-state index is 0.0778. The summed E-state index contributed by atoms with van der Waals surface area (Å²) in [5, 5.41) is 11.1.